The molecule has 1 saturated heterocycles. The first-order valence-corrected chi connectivity index (χ1v) is 11.7. The van der Waals surface area contributed by atoms with Gasteiger partial charge in [-0.15, -0.1) is 11.3 Å². The molecule has 3 heterocycles. The Morgan fingerprint density at radius 3 is 2.77 bits per heavy atom. The highest BCUT2D eigenvalue weighted by atomic mass is 35.5. The van der Waals surface area contributed by atoms with Crippen LogP contribution in [0.15, 0.2) is 36.7 Å². The smallest absolute Gasteiger partial charge is 0.280 e. The summed E-state index contributed by atoms with van der Waals surface area (Å²) in [5, 5.41) is 6.51. The van der Waals surface area contributed by atoms with Crippen LogP contribution in [0.4, 0.5) is 10.1 Å². The summed E-state index contributed by atoms with van der Waals surface area (Å²) in [6.07, 6.45) is 1.64. The third-order valence-electron chi connectivity index (χ3n) is 4.96. The second kappa shape index (κ2) is 8.28. The van der Waals surface area contributed by atoms with Crippen molar-refractivity contribution in [3.63, 3.8) is 0 Å². The fraction of sp³-hybridized carbons (Fsp3) is 0.278. The first-order chi connectivity index (χ1) is 14.7. The van der Waals surface area contributed by atoms with Crippen LogP contribution in [-0.4, -0.2) is 46.5 Å². The maximum absolute atomic E-state index is 13.4. The first kappa shape index (κ1) is 21.8. The molecule has 2 atom stereocenters. The second-order valence-corrected chi connectivity index (χ2v) is 10.3. The molecular formula is C18H18ClFN6O3S2. The van der Waals surface area contributed by atoms with E-state index in [4.69, 9.17) is 11.6 Å². The number of rotatable bonds is 4. The summed E-state index contributed by atoms with van der Waals surface area (Å²) >= 11 is 7.14. The number of hydrogen-bond donors (Lipinski definition) is 2. The Morgan fingerprint density at radius 1 is 1.32 bits per heavy atom. The third-order valence-corrected chi connectivity index (χ3v) is 8.04. The fourth-order valence-corrected chi connectivity index (χ4v) is 5.90. The van der Waals surface area contributed by atoms with E-state index in [9.17, 15) is 17.6 Å². The van der Waals surface area contributed by atoms with Gasteiger partial charge in [-0.25, -0.2) is 14.1 Å². The van der Waals surface area contributed by atoms with Crippen LogP contribution in [0.25, 0.3) is 10.7 Å². The van der Waals surface area contributed by atoms with Crippen molar-refractivity contribution in [1.82, 2.24) is 23.8 Å². The molecule has 2 N–H and O–H groups in total. The average molecular weight is 485 g/mol. The number of hydrogen-bond acceptors (Lipinski definition) is 6. The highest BCUT2D eigenvalue weighted by molar-refractivity contribution is 7.87. The molecule has 1 fully saturated rings. The summed E-state index contributed by atoms with van der Waals surface area (Å²) in [4.78, 5) is 18.7. The molecule has 4 rings (SSSR count). The van der Waals surface area contributed by atoms with E-state index in [-0.39, 0.29) is 17.1 Å². The molecule has 13 heteroatoms. The zero-order valence-corrected chi connectivity index (χ0v) is 18.8. The van der Waals surface area contributed by atoms with Crippen molar-refractivity contribution in [2.75, 3.05) is 12.4 Å². The van der Waals surface area contributed by atoms with E-state index in [1.807, 2.05) is 12.1 Å². The lowest BCUT2D eigenvalue weighted by atomic mass is 10.1. The average Bonchev–Trinajstić information content (AvgIpc) is 3.35. The fourth-order valence-electron chi connectivity index (χ4n) is 3.28. The van der Waals surface area contributed by atoms with Crippen LogP contribution in [-0.2, 0) is 22.1 Å². The number of aromatic nitrogens is 3. The van der Waals surface area contributed by atoms with E-state index in [0.29, 0.717) is 5.82 Å². The maximum atomic E-state index is 13.4. The van der Waals surface area contributed by atoms with Gasteiger partial charge in [0.1, 0.15) is 18.2 Å². The second-order valence-electron chi connectivity index (χ2n) is 6.97. The molecule has 1 aromatic carbocycles. The van der Waals surface area contributed by atoms with E-state index >= 15 is 0 Å². The number of carbonyl (C=O) groups excluding carboxylic acids is 1. The number of anilines is 1. The van der Waals surface area contributed by atoms with Gasteiger partial charge in [0.15, 0.2) is 5.82 Å². The maximum Gasteiger partial charge on any atom is 0.280 e. The zero-order chi connectivity index (χ0) is 22.3. The number of nitrogens with one attached hydrogen (secondary N) is 2. The van der Waals surface area contributed by atoms with Crippen molar-refractivity contribution >= 4 is 44.7 Å². The molecule has 0 bridgehead atoms. The van der Waals surface area contributed by atoms with E-state index in [1.165, 1.54) is 36.8 Å². The Morgan fingerprint density at radius 2 is 2.10 bits per heavy atom. The highest BCUT2D eigenvalue weighted by Gasteiger charge is 2.41. The largest absolute Gasteiger partial charge is 0.325 e. The van der Waals surface area contributed by atoms with Gasteiger partial charge in [-0.2, -0.15) is 22.5 Å². The number of halogens is 2. The number of aryl methyl sites for hydroxylation is 1. The van der Waals surface area contributed by atoms with Gasteiger partial charge in [0, 0.05) is 24.7 Å². The van der Waals surface area contributed by atoms with Gasteiger partial charge in [0.25, 0.3) is 10.2 Å². The van der Waals surface area contributed by atoms with Crippen LogP contribution in [0.5, 0.6) is 0 Å². The van der Waals surface area contributed by atoms with E-state index in [2.05, 4.69) is 20.1 Å². The minimum Gasteiger partial charge on any atom is -0.325 e. The molecule has 0 saturated carbocycles. The van der Waals surface area contributed by atoms with Crippen LogP contribution < -0.4 is 10.0 Å². The standard InChI is InChI=1S/C18H18ClFN6O3S2/c1-25-17(21-9-22-25)16-6-5-15(30-16)13-8-14(26(2)31(28,29)24-13)18(27)23-10-3-4-12(20)11(19)7-10/h3-7,9,13-14,24H,8H2,1-2H3,(H,23,27). The first-order valence-electron chi connectivity index (χ1n) is 9.11. The number of benzene rings is 1. The molecular weight excluding hydrogens is 467 g/mol. The molecule has 0 aliphatic carbocycles. The lowest BCUT2D eigenvalue weighted by Gasteiger charge is -2.35. The normalized spacial score (nSPS) is 21.2. The summed E-state index contributed by atoms with van der Waals surface area (Å²) in [7, 11) is -0.804. The lowest BCUT2D eigenvalue weighted by molar-refractivity contribution is -0.120. The summed E-state index contributed by atoms with van der Waals surface area (Å²) in [5.74, 6) is -0.488. The Balaban J connectivity index is 1.58. The molecule has 0 spiro atoms. The van der Waals surface area contributed by atoms with Crippen LogP contribution in [0.2, 0.25) is 5.02 Å². The van der Waals surface area contributed by atoms with Crippen molar-refractivity contribution in [3.8, 4) is 10.7 Å². The monoisotopic (exact) mass is 484 g/mol. The van der Waals surface area contributed by atoms with Crippen molar-refractivity contribution in [2.24, 2.45) is 7.05 Å². The van der Waals surface area contributed by atoms with Gasteiger partial charge in [0.05, 0.1) is 15.9 Å². The summed E-state index contributed by atoms with van der Waals surface area (Å²) in [5.41, 5.74) is 0.276. The van der Waals surface area contributed by atoms with Crippen molar-refractivity contribution in [2.45, 2.75) is 18.5 Å². The number of nitrogens with zero attached hydrogens (tertiary/aromatic N) is 4. The van der Waals surface area contributed by atoms with Crippen LogP contribution in [0.3, 0.4) is 0 Å². The Bertz CT molecular complexity index is 1240. The molecule has 1 amide bonds. The van der Waals surface area contributed by atoms with Crippen molar-refractivity contribution < 1.29 is 17.6 Å². The summed E-state index contributed by atoms with van der Waals surface area (Å²) in [6.45, 7) is 0. The molecule has 2 unspecified atom stereocenters. The molecule has 3 aromatic rings. The summed E-state index contributed by atoms with van der Waals surface area (Å²) < 4.78 is 43.9. The molecule has 1 aliphatic rings. The van der Waals surface area contributed by atoms with Gasteiger partial charge < -0.3 is 5.32 Å². The SMILES string of the molecule is CN1C(C(=O)Nc2ccc(F)c(Cl)c2)CC(c2ccc(-c3ncnn3C)s2)NS1(=O)=O. The number of likely N-dealkylation sites (N-methyl/N-ethyl adjacent to an activating group) is 1. The van der Waals surface area contributed by atoms with Gasteiger partial charge in [0.2, 0.25) is 5.91 Å². The molecule has 1 aliphatic heterocycles. The van der Waals surface area contributed by atoms with E-state index in [0.717, 1.165) is 20.1 Å². The summed E-state index contributed by atoms with van der Waals surface area (Å²) in [6, 6.07) is 5.84. The lowest BCUT2D eigenvalue weighted by Crippen LogP contribution is -2.55. The van der Waals surface area contributed by atoms with Crippen LogP contribution >= 0.6 is 22.9 Å². The molecule has 2 aromatic heterocycles. The molecule has 31 heavy (non-hydrogen) atoms. The minimum atomic E-state index is -3.90. The van der Waals surface area contributed by atoms with E-state index in [1.54, 1.807) is 11.7 Å². The zero-order valence-electron chi connectivity index (χ0n) is 16.4. The Kier molecular flexibility index (Phi) is 5.83. The Labute approximate surface area is 187 Å². The minimum absolute atomic E-state index is 0.142. The Hall–Kier alpha value is -2.38. The third kappa shape index (κ3) is 4.34. The van der Waals surface area contributed by atoms with Gasteiger partial charge >= 0.3 is 0 Å². The topological polar surface area (TPSA) is 109 Å². The van der Waals surface area contributed by atoms with Crippen molar-refractivity contribution in [3.05, 3.63) is 52.4 Å². The van der Waals surface area contributed by atoms with Gasteiger partial charge in [-0.1, -0.05) is 11.6 Å². The number of amides is 1. The van der Waals surface area contributed by atoms with Gasteiger partial charge in [-0.3, -0.25) is 4.79 Å². The van der Waals surface area contributed by atoms with Crippen molar-refractivity contribution in [1.29, 1.82) is 0 Å². The quantitative estimate of drug-likeness (QED) is 0.591. The van der Waals surface area contributed by atoms with E-state index < -0.39 is 34.0 Å². The molecule has 164 valence electrons. The van der Waals surface area contributed by atoms with Crippen LogP contribution in [0.1, 0.15) is 17.3 Å². The predicted octanol–water partition coefficient (Wildman–Crippen LogP) is 2.55. The molecule has 0 radical (unpaired) electrons. The number of thiophene rings is 1. The molecule has 9 nitrogen and oxygen atoms in total. The highest BCUT2D eigenvalue weighted by Crippen LogP contribution is 2.35. The number of carbonyl (C=O) groups is 1. The van der Waals surface area contributed by atoms with Gasteiger partial charge in [-0.05, 0) is 36.8 Å². The predicted molar refractivity (Wildman–Crippen MR) is 115 cm³/mol. The van der Waals surface area contributed by atoms with Crippen LogP contribution in [0, 0.1) is 5.82 Å².